The number of rotatable bonds is 8. The third-order valence-electron chi connectivity index (χ3n) is 5.85. The molecule has 1 amide bonds. The number of benzene rings is 4. The van der Waals surface area contributed by atoms with Crippen molar-refractivity contribution >= 4 is 45.9 Å². The van der Waals surface area contributed by atoms with Gasteiger partial charge in [0.1, 0.15) is 17.5 Å². The molecule has 0 aliphatic carbocycles. The molecular formula is C28H23Cl2NO5. The predicted octanol–water partition coefficient (Wildman–Crippen LogP) is 6.26. The molecular weight excluding hydrogens is 501 g/mol. The van der Waals surface area contributed by atoms with Gasteiger partial charge >= 0.3 is 5.97 Å². The van der Waals surface area contributed by atoms with Crippen molar-refractivity contribution < 1.29 is 24.2 Å². The second-order valence-corrected chi connectivity index (χ2v) is 8.91. The second-order valence-electron chi connectivity index (χ2n) is 8.10. The van der Waals surface area contributed by atoms with E-state index in [1.54, 1.807) is 20.3 Å². The summed E-state index contributed by atoms with van der Waals surface area (Å²) in [7, 11) is 3.23. The number of halogens is 2. The molecule has 0 aliphatic rings. The number of fused-ring (bicyclic) bond motifs is 1. The first-order valence-electron chi connectivity index (χ1n) is 11.0. The number of carboxylic acids is 1. The van der Waals surface area contributed by atoms with Crippen molar-refractivity contribution in [3.63, 3.8) is 0 Å². The fourth-order valence-corrected chi connectivity index (χ4v) is 4.66. The molecule has 36 heavy (non-hydrogen) atoms. The van der Waals surface area contributed by atoms with Gasteiger partial charge in [-0.3, -0.25) is 4.79 Å². The lowest BCUT2D eigenvalue weighted by atomic mass is 9.97. The minimum absolute atomic E-state index is 0.0462. The number of carboxylic acid groups (broad SMARTS) is 1. The van der Waals surface area contributed by atoms with Gasteiger partial charge < -0.3 is 19.9 Å². The SMILES string of the molecule is COc1cccc(OC)c1-c1ccc2cc(CC(NC(=O)c3c(Cl)cccc3Cl)C(=O)O)ccc2c1. The van der Waals surface area contributed by atoms with Crippen LogP contribution in [-0.4, -0.2) is 37.2 Å². The molecule has 0 saturated carbocycles. The van der Waals surface area contributed by atoms with E-state index >= 15 is 0 Å². The second kappa shape index (κ2) is 10.9. The number of carbonyl (C=O) groups excluding carboxylic acids is 1. The molecule has 4 aromatic rings. The number of nitrogens with one attached hydrogen (secondary N) is 1. The van der Waals surface area contributed by atoms with E-state index in [9.17, 15) is 14.7 Å². The minimum Gasteiger partial charge on any atom is -0.496 e. The average molecular weight is 524 g/mol. The highest BCUT2D eigenvalue weighted by atomic mass is 35.5. The van der Waals surface area contributed by atoms with E-state index in [0.717, 1.165) is 27.5 Å². The van der Waals surface area contributed by atoms with Gasteiger partial charge in [-0.2, -0.15) is 0 Å². The number of aliphatic carboxylic acids is 1. The fourth-order valence-electron chi connectivity index (χ4n) is 4.09. The van der Waals surface area contributed by atoms with Crippen LogP contribution < -0.4 is 14.8 Å². The van der Waals surface area contributed by atoms with Gasteiger partial charge in [-0.25, -0.2) is 4.79 Å². The summed E-state index contributed by atoms with van der Waals surface area (Å²) in [6.07, 6.45) is 0.0845. The normalized spacial score (nSPS) is 11.7. The zero-order valence-corrected chi connectivity index (χ0v) is 21.1. The lowest BCUT2D eigenvalue weighted by Gasteiger charge is -2.17. The van der Waals surface area contributed by atoms with Crippen molar-refractivity contribution in [1.29, 1.82) is 0 Å². The van der Waals surface area contributed by atoms with E-state index in [2.05, 4.69) is 5.32 Å². The summed E-state index contributed by atoms with van der Waals surface area (Å²) in [6, 6.07) is 20.7. The van der Waals surface area contributed by atoms with E-state index in [-0.39, 0.29) is 22.0 Å². The number of amides is 1. The van der Waals surface area contributed by atoms with Gasteiger partial charge in [0.05, 0.1) is 35.4 Å². The van der Waals surface area contributed by atoms with Gasteiger partial charge in [0.15, 0.2) is 0 Å². The summed E-state index contributed by atoms with van der Waals surface area (Å²) in [5, 5.41) is 14.5. The Morgan fingerprint density at radius 3 is 2.06 bits per heavy atom. The molecule has 0 aromatic heterocycles. The number of hydrogen-bond acceptors (Lipinski definition) is 4. The number of carbonyl (C=O) groups is 2. The maximum atomic E-state index is 12.7. The fraction of sp³-hybridized carbons (Fsp3) is 0.143. The van der Waals surface area contributed by atoms with Crippen molar-refractivity contribution in [3.05, 3.63) is 94.0 Å². The van der Waals surface area contributed by atoms with E-state index in [1.807, 2.05) is 54.6 Å². The van der Waals surface area contributed by atoms with Crippen LogP contribution in [0.3, 0.4) is 0 Å². The van der Waals surface area contributed by atoms with Crippen LogP contribution >= 0.6 is 23.2 Å². The van der Waals surface area contributed by atoms with Crippen LogP contribution in [0.4, 0.5) is 0 Å². The number of hydrogen-bond donors (Lipinski definition) is 2. The van der Waals surface area contributed by atoms with Gasteiger partial charge in [-0.1, -0.05) is 65.7 Å². The summed E-state index contributed by atoms with van der Waals surface area (Å²) in [6.45, 7) is 0. The molecule has 4 rings (SSSR count). The summed E-state index contributed by atoms with van der Waals surface area (Å²) in [5.74, 6) is -0.410. The van der Waals surface area contributed by atoms with E-state index in [0.29, 0.717) is 11.5 Å². The Hall–Kier alpha value is -3.74. The first-order valence-corrected chi connectivity index (χ1v) is 11.8. The van der Waals surface area contributed by atoms with Gasteiger partial charge in [0.2, 0.25) is 0 Å². The van der Waals surface area contributed by atoms with Crippen LogP contribution in [0.2, 0.25) is 10.0 Å². The van der Waals surface area contributed by atoms with E-state index < -0.39 is 17.9 Å². The Morgan fingerprint density at radius 2 is 1.44 bits per heavy atom. The van der Waals surface area contributed by atoms with Gasteiger partial charge in [0, 0.05) is 6.42 Å². The van der Waals surface area contributed by atoms with Gasteiger partial charge in [0.25, 0.3) is 5.91 Å². The molecule has 8 heteroatoms. The zero-order chi connectivity index (χ0) is 25.8. The lowest BCUT2D eigenvalue weighted by Crippen LogP contribution is -2.42. The summed E-state index contributed by atoms with van der Waals surface area (Å²) in [4.78, 5) is 24.6. The molecule has 0 fully saturated rings. The third-order valence-corrected chi connectivity index (χ3v) is 6.48. The third kappa shape index (κ3) is 5.25. The van der Waals surface area contributed by atoms with Crippen molar-refractivity contribution in [2.75, 3.05) is 14.2 Å². The summed E-state index contributed by atoms with van der Waals surface area (Å²) < 4.78 is 11.1. The highest BCUT2D eigenvalue weighted by molar-refractivity contribution is 6.39. The Labute approximate surface area is 218 Å². The van der Waals surface area contributed by atoms with Crippen LogP contribution in [0.15, 0.2) is 72.8 Å². The van der Waals surface area contributed by atoms with Crippen LogP contribution in [0.5, 0.6) is 11.5 Å². The molecule has 2 N–H and O–H groups in total. The molecule has 1 unspecified atom stereocenters. The topological polar surface area (TPSA) is 84.9 Å². The molecule has 184 valence electrons. The molecule has 0 bridgehead atoms. The Kier molecular flexibility index (Phi) is 7.67. The molecule has 0 aliphatic heterocycles. The Balaban J connectivity index is 1.60. The largest absolute Gasteiger partial charge is 0.496 e. The summed E-state index contributed by atoms with van der Waals surface area (Å²) >= 11 is 12.2. The molecule has 0 spiro atoms. The number of ether oxygens (including phenoxy) is 2. The Bertz CT molecular complexity index is 1410. The van der Waals surface area contributed by atoms with Crippen LogP contribution in [0.25, 0.3) is 21.9 Å². The first kappa shape index (κ1) is 25.4. The zero-order valence-electron chi connectivity index (χ0n) is 19.5. The smallest absolute Gasteiger partial charge is 0.326 e. The van der Waals surface area contributed by atoms with Gasteiger partial charge in [-0.05, 0) is 52.2 Å². The maximum absolute atomic E-state index is 12.7. The van der Waals surface area contributed by atoms with Crippen LogP contribution in [0, 0.1) is 0 Å². The molecule has 4 aromatic carbocycles. The quantitative estimate of drug-likeness (QED) is 0.284. The first-order chi connectivity index (χ1) is 17.3. The van der Waals surface area contributed by atoms with E-state index in [4.69, 9.17) is 32.7 Å². The van der Waals surface area contributed by atoms with Crippen LogP contribution in [0.1, 0.15) is 15.9 Å². The molecule has 1 atom stereocenters. The maximum Gasteiger partial charge on any atom is 0.326 e. The standard InChI is InChI=1S/C28H23Cl2NO5/c1-35-23-7-4-8-24(36-2)25(23)19-12-11-17-13-16(9-10-18(17)15-19)14-22(28(33)34)31-27(32)26-20(29)5-3-6-21(26)30/h3-13,15,22H,14H2,1-2H3,(H,31,32)(H,33,34). The van der Waals surface area contributed by atoms with E-state index in [1.165, 1.54) is 12.1 Å². The highest BCUT2D eigenvalue weighted by Gasteiger charge is 2.24. The van der Waals surface area contributed by atoms with Crippen LogP contribution in [-0.2, 0) is 11.2 Å². The number of methoxy groups -OCH3 is 2. The molecule has 0 radical (unpaired) electrons. The molecule has 0 heterocycles. The van der Waals surface area contributed by atoms with Gasteiger partial charge in [-0.15, -0.1) is 0 Å². The highest BCUT2D eigenvalue weighted by Crippen LogP contribution is 2.39. The average Bonchev–Trinajstić information content (AvgIpc) is 2.87. The molecule has 0 saturated heterocycles. The van der Waals surface area contributed by atoms with Crippen molar-refractivity contribution in [3.8, 4) is 22.6 Å². The lowest BCUT2D eigenvalue weighted by molar-refractivity contribution is -0.139. The van der Waals surface area contributed by atoms with Crippen molar-refractivity contribution in [1.82, 2.24) is 5.32 Å². The summed E-state index contributed by atoms with van der Waals surface area (Å²) in [5.41, 5.74) is 2.57. The van der Waals surface area contributed by atoms with Crippen molar-refractivity contribution in [2.45, 2.75) is 12.5 Å². The van der Waals surface area contributed by atoms with Crippen molar-refractivity contribution in [2.24, 2.45) is 0 Å². The minimum atomic E-state index is -1.17. The predicted molar refractivity (Wildman–Crippen MR) is 142 cm³/mol. The monoisotopic (exact) mass is 523 g/mol. The Morgan fingerprint density at radius 1 is 0.861 bits per heavy atom. The molecule has 6 nitrogen and oxygen atoms in total.